The largest absolute Gasteiger partial charge is 0.316 e. The van der Waals surface area contributed by atoms with Gasteiger partial charge in [0.1, 0.15) is 0 Å². The molecule has 2 aromatic heterocycles. The molecule has 0 aliphatic rings. The lowest BCUT2D eigenvalue weighted by Crippen LogP contribution is -2.12. The number of pyridine rings is 1. The minimum atomic E-state index is 0.768. The topological polar surface area (TPSA) is 42.7 Å². The molecule has 2 heterocycles. The standard InChI is InChI=1S/C17H20N4/c1-11-12(2)20-21(13(11)3)17-15(10-18-4)9-14-7-5-6-8-16(14)19-17/h5-9,18H,10H2,1-4H3. The van der Waals surface area contributed by atoms with Gasteiger partial charge in [-0.1, -0.05) is 18.2 Å². The van der Waals surface area contributed by atoms with E-state index in [4.69, 9.17) is 4.98 Å². The van der Waals surface area contributed by atoms with Crippen molar-refractivity contribution in [3.63, 3.8) is 0 Å². The van der Waals surface area contributed by atoms with Crippen molar-refractivity contribution in [2.24, 2.45) is 0 Å². The highest BCUT2D eigenvalue weighted by atomic mass is 15.3. The van der Waals surface area contributed by atoms with Crippen molar-refractivity contribution in [3.05, 3.63) is 52.8 Å². The Morgan fingerprint density at radius 3 is 2.57 bits per heavy atom. The number of hydrogen-bond donors (Lipinski definition) is 1. The maximum atomic E-state index is 4.84. The number of aryl methyl sites for hydroxylation is 1. The molecular weight excluding hydrogens is 260 g/mol. The summed E-state index contributed by atoms with van der Waals surface area (Å²) in [6, 6.07) is 10.4. The summed E-state index contributed by atoms with van der Waals surface area (Å²) in [5.41, 5.74) is 5.57. The second-order valence-corrected chi connectivity index (χ2v) is 5.40. The summed E-state index contributed by atoms with van der Waals surface area (Å²) in [6.07, 6.45) is 0. The Morgan fingerprint density at radius 2 is 1.90 bits per heavy atom. The van der Waals surface area contributed by atoms with Crippen molar-refractivity contribution >= 4 is 10.9 Å². The van der Waals surface area contributed by atoms with Crippen LogP contribution in [0.3, 0.4) is 0 Å². The van der Waals surface area contributed by atoms with Crippen molar-refractivity contribution in [1.82, 2.24) is 20.1 Å². The van der Waals surface area contributed by atoms with Gasteiger partial charge in [-0.2, -0.15) is 5.10 Å². The van der Waals surface area contributed by atoms with Gasteiger partial charge in [0.25, 0.3) is 0 Å². The second-order valence-electron chi connectivity index (χ2n) is 5.40. The van der Waals surface area contributed by atoms with Crippen molar-refractivity contribution in [2.45, 2.75) is 27.3 Å². The van der Waals surface area contributed by atoms with Crippen LogP contribution in [-0.4, -0.2) is 21.8 Å². The lowest BCUT2D eigenvalue weighted by Gasteiger charge is -2.12. The Bertz CT molecular complexity index is 802. The van der Waals surface area contributed by atoms with E-state index in [-0.39, 0.29) is 0 Å². The quantitative estimate of drug-likeness (QED) is 0.802. The van der Waals surface area contributed by atoms with Crippen LogP contribution in [0.4, 0.5) is 0 Å². The average Bonchev–Trinajstić information content (AvgIpc) is 2.74. The van der Waals surface area contributed by atoms with Crippen LogP contribution in [-0.2, 0) is 6.54 Å². The predicted molar refractivity (Wildman–Crippen MR) is 85.8 cm³/mol. The highest BCUT2D eigenvalue weighted by molar-refractivity contribution is 5.80. The number of hydrogen-bond acceptors (Lipinski definition) is 3. The lowest BCUT2D eigenvalue weighted by molar-refractivity contribution is 0.759. The van der Waals surface area contributed by atoms with Crippen LogP contribution < -0.4 is 5.32 Å². The lowest BCUT2D eigenvalue weighted by atomic mass is 10.1. The van der Waals surface area contributed by atoms with E-state index >= 15 is 0 Å². The molecule has 3 rings (SSSR count). The molecule has 0 bridgehead atoms. The molecule has 0 saturated heterocycles. The molecule has 0 unspecified atom stereocenters. The third kappa shape index (κ3) is 2.32. The summed E-state index contributed by atoms with van der Waals surface area (Å²) in [6.45, 7) is 7.00. The first-order valence-electron chi connectivity index (χ1n) is 7.18. The molecule has 108 valence electrons. The van der Waals surface area contributed by atoms with Gasteiger partial charge in [0.05, 0.1) is 11.2 Å². The van der Waals surface area contributed by atoms with Gasteiger partial charge in [-0.25, -0.2) is 9.67 Å². The van der Waals surface area contributed by atoms with Gasteiger partial charge in [0, 0.05) is 23.2 Å². The molecule has 0 atom stereocenters. The molecule has 3 aromatic rings. The van der Waals surface area contributed by atoms with E-state index in [0.29, 0.717) is 0 Å². The molecule has 0 spiro atoms. The highest BCUT2D eigenvalue weighted by Gasteiger charge is 2.14. The Balaban J connectivity index is 2.28. The summed E-state index contributed by atoms with van der Waals surface area (Å²) in [5, 5.41) is 9.03. The minimum Gasteiger partial charge on any atom is -0.316 e. The summed E-state index contributed by atoms with van der Waals surface area (Å²) in [5.74, 6) is 0.914. The third-order valence-electron chi connectivity index (χ3n) is 4.00. The molecule has 0 amide bonds. The van der Waals surface area contributed by atoms with Crippen molar-refractivity contribution in [2.75, 3.05) is 7.05 Å². The van der Waals surface area contributed by atoms with E-state index in [1.165, 1.54) is 5.56 Å². The Hall–Kier alpha value is -2.20. The molecule has 0 saturated carbocycles. The zero-order valence-electron chi connectivity index (χ0n) is 12.9. The predicted octanol–water partition coefficient (Wildman–Crippen LogP) is 3.07. The number of nitrogens with zero attached hydrogens (tertiary/aromatic N) is 3. The first-order chi connectivity index (χ1) is 10.1. The molecule has 0 fully saturated rings. The van der Waals surface area contributed by atoms with Gasteiger partial charge < -0.3 is 5.32 Å². The van der Waals surface area contributed by atoms with E-state index in [1.807, 2.05) is 36.9 Å². The Labute approximate surface area is 124 Å². The van der Waals surface area contributed by atoms with E-state index in [2.05, 4.69) is 36.4 Å². The summed E-state index contributed by atoms with van der Waals surface area (Å²) in [7, 11) is 1.95. The normalized spacial score (nSPS) is 11.2. The van der Waals surface area contributed by atoms with Crippen LogP contribution >= 0.6 is 0 Å². The van der Waals surface area contributed by atoms with Crippen LogP contribution in [0.25, 0.3) is 16.7 Å². The molecule has 1 aromatic carbocycles. The monoisotopic (exact) mass is 280 g/mol. The number of fused-ring (bicyclic) bond motifs is 1. The van der Waals surface area contributed by atoms with E-state index in [0.717, 1.165) is 40.2 Å². The third-order valence-corrected chi connectivity index (χ3v) is 4.00. The summed E-state index contributed by atoms with van der Waals surface area (Å²) in [4.78, 5) is 4.84. The SMILES string of the molecule is CNCc1cc2ccccc2nc1-n1nc(C)c(C)c1C. The number of nitrogens with one attached hydrogen (secondary N) is 1. The van der Waals surface area contributed by atoms with Crippen LogP contribution in [0.15, 0.2) is 30.3 Å². The van der Waals surface area contributed by atoms with Crippen LogP contribution in [0.1, 0.15) is 22.5 Å². The fourth-order valence-corrected chi connectivity index (χ4v) is 2.58. The van der Waals surface area contributed by atoms with Crippen LogP contribution in [0.5, 0.6) is 0 Å². The molecule has 4 heteroatoms. The molecule has 21 heavy (non-hydrogen) atoms. The van der Waals surface area contributed by atoms with Crippen LogP contribution in [0, 0.1) is 20.8 Å². The number of aromatic nitrogens is 3. The van der Waals surface area contributed by atoms with Crippen LogP contribution in [0.2, 0.25) is 0 Å². The number of rotatable bonds is 3. The molecule has 4 nitrogen and oxygen atoms in total. The summed E-state index contributed by atoms with van der Waals surface area (Å²) >= 11 is 0. The number of para-hydroxylation sites is 1. The zero-order chi connectivity index (χ0) is 15.0. The first-order valence-corrected chi connectivity index (χ1v) is 7.18. The smallest absolute Gasteiger partial charge is 0.158 e. The van der Waals surface area contributed by atoms with Gasteiger partial charge in [0.15, 0.2) is 5.82 Å². The van der Waals surface area contributed by atoms with Crippen molar-refractivity contribution < 1.29 is 0 Å². The molecular formula is C17H20N4. The first kappa shape index (κ1) is 13.8. The van der Waals surface area contributed by atoms with E-state index < -0.39 is 0 Å². The maximum absolute atomic E-state index is 4.84. The van der Waals surface area contributed by atoms with Crippen molar-refractivity contribution in [1.29, 1.82) is 0 Å². The van der Waals surface area contributed by atoms with Gasteiger partial charge in [-0.15, -0.1) is 0 Å². The van der Waals surface area contributed by atoms with Gasteiger partial charge in [0.2, 0.25) is 0 Å². The number of benzene rings is 1. The minimum absolute atomic E-state index is 0.768. The Morgan fingerprint density at radius 1 is 1.14 bits per heavy atom. The van der Waals surface area contributed by atoms with E-state index in [9.17, 15) is 0 Å². The Kier molecular flexibility index (Phi) is 3.47. The zero-order valence-corrected chi connectivity index (χ0v) is 12.9. The van der Waals surface area contributed by atoms with Gasteiger partial charge in [-0.05, 0) is 45.5 Å². The molecule has 0 aliphatic carbocycles. The molecule has 1 N–H and O–H groups in total. The van der Waals surface area contributed by atoms with Crippen molar-refractivity contribution in [3.8, 4) is 5.82 Å². The highest BCUT2D eigenvalue weighted by Crippen LogP contribution is 2.22. The van der Waals surface area contributed by atoms with Gasteiger partial charge in [-0.3, -0.25) is 0 Å². The van der Waals surface area contributed by atoms with E-state index in [1.54, 1.807) is 0 Å². The molecule has 0 radical (unpaired) electrons. The average molecular weight is 280 g/mol. The second kappa shape index (κ2) is 5.30. The van der Waals surface area contributed by atoms with Gasteiger partial charge >= 0.3 is 0 Å². The summed E-state index contributed by atoms with van der Waals surface area (Å²) < 4.78 is 1.96. The fourth-order valence-electron chi connectivity index (χ4n) is 2.58. The molecule has 0 aliphatic heterocycles. The maximum Gasteiger partial charge on any atom is 0.158 e. The fraction of sp³-hybridized carbons (Fsp3) is 0.294.